The first-order valence-electron chi connectivity index (χ1n) is 6.42. The summed E-state index contributed by atoms with van der Waals surface area (Å²) >= 11 is 0. The van der Waals surface area contributed by atoms with E-state index in [1.165, 1.54) is 11.3 Å². The molecule has 94 valence electrons. The Morgan fingerprint density at radius 2 is 1.94 bits per heavy atom. The Morgan fingerprint density at radius 3 is 2.53 bits per heavy atom. The molecule has 0 spiro atoms. The standard InChI is InChI=1S/C16H25N/c1-6-7-10-13(2)17-15-12-9-8-11-14(15)16(3,4)5/h6,8-9,11-13,17H,1,7,10H2,2-5H3. The minimum atomic E-state index is 0.182. The van der Waals surface area contributed by atoms with Crippen molar-refractivity contribution < 1.29 is 0 Å². The molecule has 0 fully saturated rings. The number of nitrogens with one attached hydrogen (secondary N) is 1. The van der Waals surface area contributed by atoms with Crippen LogP contribution in [0.25, 0.3) is 0 Å². The van der Waals surface area contributed by atoms with Crippen LogP contribution in [0.5, 0.6) is 0 Å². The van der Waals surface area contributed by atoms with Crippen molar-refractivity contribution in [2.24, 2.45) is 0 Å². The van der Waals surface area contributed by atoms with E-state index in [-0.39, 0.29) is 5.41 Å². The zero-order valence-electron chi connectivity index (χ0n) is 11.6. The first-order chi connectivity index (χ1) is 7.95. The van der Waals surface area contributed by atoms with Crippen LogP contribution < -0.4 is 5.32 Å². The summed E-state index contributed by atoms with van der Waals surface area (Å²) in [5.41, 5.74) is 2.82. The summed E-state index contributed by atoms with van der Waals surface area (Å²) in [4.78, 5) is 0. The molecule has 1 rings (SSSR count). The second-order valence-corrected chi connectivity index (χ2v) is 5.71. The number of para-hydroxylation sites is 1. The van der Waals surface area contributed by atoms with Crippen LogP contribution in [0, 0.1) is 0 Å². The summed E-state index contributed by atoms with van der Waals surface area (Å²) in [5.74, 6) is 0. The smallest absolute Gasteiger partial charge is 0.0380 e. The second kappa shape index (κ2) is 5.90. The van der Waals surface area contributed by atoms with Crippen molar-refractivity contribution in [3.05, 3.63) is 42.5 Å². The third kappa shape index (κ3) is 4.26. The predicted molar refractivity (Wildman–Crippen MR) is 77.7 cm³/mol. The lowest BCUT2D eigenvalue weighted by atomic mass is 9.85. The molecule has 0 saturated heterocycles. The van der Waals surface area contributed by atoms with Gasteiger partial charge in [-0.05, 0) is 36.8 Å². The molecule has 17 heavy (non-hydrogen) atoms. The molecule has 0 amide bonds. The van der Waals surface area contributed by atoms with E-state index in [2.05, 4.69) is 63.9 Å². The van der Waals surface area contributed by atoms with Crippen LogP contribution >= 0.6 is 0 Å². The topological polar surface area (TPSA) is 12.0 Å². The molecule has 1 aromatic rings. The van der Waals surface area contributed by atoms with E-state index in [9.17, 15) is 0 Å². The normalized spacial score (nSPS) is 13.2. The van der Waals surface area contributed by atoms with Gasteiger partial charge in [0.2, 0.25) is 0 Å². The average Bonchev–Trinajstić information content (AvgIpc) is 2.25. The first kappa shape index (κ1) is 13.8. The Hall–Kier alpha value is -1.24. The Morgan fingerprint density at radius 1 is 1.29 bits per heavy atom. The Bertz CT molecular complexity index is 360. The number of hydrogen-bond donors (Lipinski definition) is 1. The minimum absolute atomic E-state index is 0.182. The van der Waals surface area contributed by atoms with Crippen molar-refractivity contribution in [3.8, 4) is 0 Å². The molecule has 1 heteroatoms. The first-order valence-corrected chi connectivity index (χ1v) is 6.42. The summed E-state index contributed by atoms with van der Waals surface area (Å²) in [5, 5.41) is 3.60. The second-order valence-electron chi connectivity index (χ2n) is 5.71. The van der Waals surface area contributed by atoms with E-state index in [0.29, 0.717) is 6.04 Å². The van der Waals surface area contributed by atoms with E-state index in [1.54, 1.807) is 0 Å². The van der Waals surface area contributed by atoms with Gasteiger partial charge in [0, 0.05) is 11.7 Å². The lowest BCUT2D eigenvalue weighted by molar-refractivity contribution is 0.589. The number of benzene rings is 1. The highest BCUT2D eigenvalue weighted by molar-refractivity contribution is 5.54. The monoisotopic (exact) mass is 231 g/mol. The van der Waals surface area contributed by atoms with Gasteiger partial charge < -0.3 is 5.32 Å². The van der Waals surface area contributed by atoms with Gasteiger partial charge in [-0.3, -0.25) is 0 Å². The highest BCUT2D eigenvalue weighted by Crippen LogP contribution is 2.29. The van der Waals surface area contributed by atoms with Gasteiger partial charge in [0.05, 0.1) is 0 Å². The summed E-state index contributed by atoms with van der Waals surface area (Å²) in [6.07, 6.45) is 4.17. The summed E-state index contributed by atoms with van der Waals surface area (Å²) in [6, 6.07) is 9.07. The van der Waals surface area contributed by atoms with Gasteiger partial charge in [0.15, 0.2) is 0 Å². The van der Waals surface area contributed by atoms with Crippen molar-refractivity contribution >= 4 is 5.69 Å². The molecule has 0 radical (unpaired) electrons. The molecule has 1 nitrogen and oxygen atoms in total. The molecule has 0 saturated carbocycles. The van der Waals surface area contributed by atoms with Crippen LogP contribution in [0.15, 0.2) is 36.9 Å². The largest absolute Gasteiger partial charge is 0.382 e. The van der Waals surface area contributed by atoms with Crippen LogP contribution in [0.1, 0.15) is 46.1 Å². The van der Waals surface area contributed by atoms with E-state index in [0.717, 1.165) is 12.8 Å². The predicted octanol–water partition coefficient (Wildman–Crippen LogP) is 4.75. The van der Waals surface area contributed by atoms with Crippen LogP contribution in [0.3, 0.4) is 0 Å². The summed E-state index contributed by atoms with van der Waals surface area (Å²) < 4.78 is 0. The molecule has 0 bridgehead atoms. The number of anilines is 1. The van der Waals surface area contributed by atoms with Crippen molar-refractivity contribution in [2.45, 2.75) is 52.0 Å². The van der Waals surface area contributed by atoms with E-state index in [1.807, 2.05) is 6.08 Å². The maximum absolute atomic E-state index is 3.77. The Kier molecular flexibility index (Phi) is 4.80. The molecular weight excluding hydrogens is 206 g/mol. The molecule has 1 atom stereocenters. The van der Waals surface area contributed by atoms with Gasteiger partial charge in [0.25, 0.3) is 0 Å². The maximum Gasteiger partial charge on any atom is 0.0380 e. The van der Waals surface area contributed by atoms with Gasteiger partial charge in [-0.25, -0.2) is 0 Å². The van der Waals surface area contributed by atoms with Gasteiger partial charge >= 0.3 is 0 Å². The van der Waals surface area contributed by atoms with Gasteiger partial charge in [-0.15, -0.1) is 6.58 Å². The average molecular weight is 231 g/mol. The number of allylic oxidation sites excluding steroid dienone is 1. The van der Waals surface area contributed by atoms with Crippen molar-refractivity contribution in [1.29, 1.82) is 0 Å². The minimum Gasteiger partial charge on any atom is -0.382 e. The third-order valence-corrected chi connectivity index (χ3v) is 2.94. The molecule has 0 aliphatic rings. The molecule has 1 N–H and O–H groups in total. The van der Waals surface area contributed by atoms with Crippen LogP contribution in [-0.2, 0) is 5.41 Å². The number of rotatable bonds is 5. The Balaban J connectivity index is 2.80. The fourth-order valence-corrected chi connectivity index (χ4v) is 1.97. The van der Waals surface area contributed by atoms with Crippen molar-refractivity contribution in [2.75, 3.05) is 5.32 Å². The molecule has 0 aliphatic heterocycles. The van der Waals surface area contributed by atoms with Gasteiger partial charge in [0.1, 0.15) is 0 Å². The van der Waals surface area contributed by atoms with Crippen molar-refractivity contribution in [1.82, 2.24) is 0 Å². The van der Waals surface area contributed by atoms with E-state index >= 15 is 0 Å². The van der Waals surface area contributed by atoms with E-state index < -0.39 is 0 Å². The lowest BCUT2D eigenvalue weighted by Crippen LogP contribution is -2.20. The molecule has 0 aromatic heterocycles. The molecular formula is C16H25N. The van der Waals surface area contributed by atoms with Gasteiger partial charge in [-0.2, -0.15) is 0 Å². The fourth-order valence-electron chi connectivity index (χ4n) is 1.97. The SMILES string of the molecule is C=CCCC(C)Nc1ccccc1C(C)(C)C. The van der Waals surface area contributed by atoms with Crippen LogP contribution in [-0.4, -0.2) is 6.04 Å². The molecule has 0 heterocycles. The fraction of sp³-hybridized carbons (Fsp3) is 0.500. The highest BCUT2D eigenvalue weighted by Gasteiger charge is 2.17. The van der Waals surface area contributed by atoms with Gasteiger partial charge in [-0.1, -0.05) is 45.0 Å². The zero-order valence-corrected chi connectivity index (χ0v) is 11.6. The maximum atomic E-state index is 3.77. The lowest BCUT2D eigenvalue weighted by Gasteiger charge is -2.25. The zero-order chi connectivity index (χ0) is 12.9. The third-order valence-electron chi connectivity index (χ3n) is 2.94. The van der Waals surface area contributed by atoms with Crippen molar-refractivity contribution in [3.63, 3.8) is 0 Å². The van der Waals surface area contributed by atoms with Crippen LogP contribution in [0.2, 0.25) is 0 Å². The number of hydrogen-bond acceptors (Lipinski definition) is 1. The quantitative estimate of drug-likeness (QED) is 0.721. The summed E-state index contributed by atoms with van der Waals surface area (Å²) in [7, 11) is 0. The molecule has 1 aromatic carbocycles. The summed E-state index contributed by atoms with van der Waals surface area (Å²) in [6.45, 7) is 12.7. The van der Waals surface area contributed by atoms with Crippen LogP contribution in [0.4, 0.5) is 5.69 Å². The van der Waals surface area contributed by atoms with E-state index in [4.69, 9.17) is 0 Å². The highest BCUT2D eigenvalue weighted by atomic mass is 14.9. The molecule has 0 aliphatic carbocycles. The Labute approximate surface area is 106 Å². The molecule has 1 unspecified atom stereocenters.